The molecule has 2 aromatic carbocycles. The molecule has 0 bridgehead atoms. The number of benzene rings is 1. The van der Waals surface area contributed by atoms with Gasteiger partial charge in [0.25, 0.3) is 0 Å². The first kappa shape index (κ1) is 33.4. The molecule has 244 valence electrons. The largest absolute Gasteiger partial charge is 0.493 e. The number of hydrogen-bond acceptors (Lipinski definition) is 9. The zero-order valence-electron chi connectivity index (χ0n) is 27.1. The van der Waals surface area contributed by atoms with E-state index in [0.717, 1.165) is 11.1 Å². The Morgan fingerprint density at radius 3 is 2.22 bits per heavy atom. The summed E-state index contributed by atoms with van der Waals surface area (Å²) in [6, 6.07) is 6.36. The van der Waals surface area contributed by atoms with Gasteiger partial charge in [-0.2, -0.15) is 0 Å². The van der Waals surface area contributed by atoms with Crippen LogP contribution in [0.4, 0.5) is 10.5 Å². The van der Waals surface area contributed by atoms with Gasteiger partial charge in [-0.25, -0.2) is 4.79 Å². The highest BCUT2D eigenvalue weighted by Gasteiger charge is 2.30. The molecule has 0 radical (unpaired) electrons. The van der Waals surface area contributed by atoms with Crippen LogP contribution in [0.25, 0.3) is 11.1 Å². The predicted molar refractivity (Wildman–Crippen MR) is 170 cm³/mol. The van der Waals surface area contributed by atoms with Crippen molar-refractivity contribution in [3.05, 3.63) is 45.6 Å². The van der Waals surface area contributed by atoms with E-state index in [-0.39, 0.29) is 35.5 Å². The Kier molecular flexibility index (Phi) is 10.5. The number of amides is 3. The second kappa shape index (κ2) is 14.1. The number of fused-ring (bicyclic) bond motifs is 3. The summed E-state index contributed by atoms with van der Waals surface area (Å²) >= 11 is 0. The lowest BCUT2D eigenvalue weighted by atomic mass is 9.95. The third kappa shape index (κ3) is 7.98. The second-order valence-corrected chi connectivity index (χ2v) is 12.3. The molecule has 3 N–H and O–H groups in total. The zero-order chi connectivity index (χ0) is 32.9. The summed E-state index contributed by atoms with van der Waals surface area (Å²) in [5, 5.41) is 8.89. The van der Waals surface area contributed by atoms with Crippen LogP contribution in [-0.4, -0.2) is 75.4 Å². The highest BCUT2D eigenvalue weighted by molar-refractivity contribution is 5.84. The Hall–Kier alpha value is -4.48. The summed E-state index contributed by atoms with van der Waals surface area (Å²) < 4.78 is 22.4. The summed E-state index contributed by atoms with van der Waals surface area (Å²) in [4.78, 5) is 52.6. The first-order chi connectivity index (χ1) is 21.3. The fourth-order valence-corrected chi connectivity index (χ4v) is 5.88. The van der Waals surface area contributed by atoms with Crippen molar-refractivity contribution in [2.75, 3.05) is 46.3 Å². The van der Waals surface area contributed by atoms with Gasteiger partial charge in [-0.1, -0.05) is 6.07 Å². The van der Waals surface area contributed by atoms with Crippen molar-refractivity contribution in [3.8, 4) is 28.4 Å². The summed E-state index contributed by atoms with van der Waals surface area (Å²) in [5.41, 5.74) is 2.36. The lowest BCUT2D eigenvalue weighted by molar-refractivity contribution is -0.130. The quantitative estimate of drug-likeness (QED) is 0.400. The lowest BCUT2D eigenvalue weighted by Crippen LogP contribution is -2.48. The van der Waals surface area contributed by atoms with Crippen molar-refractivity contribution < 1.29 is 33.3 Å². The number of hydrogen-bond donors (Lipinski definition) is 3. The zero-order valence-corrected chi connectivity index (χ0v) is 27.1. The maximum absolute atomic E-state index is 13.5. The molecule has 0 spiro atoms. The van der Waals surface area contributed by atoms with Crippen LogP contribution in [0.15, 0.2) is 29.1 Å². The van der Waals surface area contributed by atoms with Crippen LogP contribution >= 0.6 is 0 Å². The van der Waals surface area contributed by atoms with Gasteiger partial charge < -0.3 is 39.8 Å². The van der Waals surface area contributed by atoms with E-state index in [2.05, 4.69) is 16.0 Å². The minimum absolute atomic E-state index is 0.0753. The van der Waals surface area contributed by atoms with E-state index in [4.69, 9.17) is 18.9 Å². The van der Waals surface area contributed by atoms with Gasteiger partial charge in [0.05, 0.1) is 39.6 Å². The van der Waals surface area contributed by atoms with Crippen LogP contribution in [0.5, 0.6) is 17.2 Å². The molecule has 1 saturated heterocycles. The molecule has 1 atom stereocenters. The van der Waals surface area contributed by atoms with E-state index < -0.39 is 17.7 Å². The van der Waals surface area contributed by atoms with Crippen molar-refractivity contribution in [1.29, 1.82) is 0 Å². The van der Waals surface area contributed by atoms with Crippen molar-refractivity contribution in [3.63, 3.8) is 0 Å². The first-order valence-corrected chi connectivity index (χ1v) is 15.1. The molecule has 1 heterocycles. The molecule has 0 unspecified atom stereocenters. The molecular formula is C33H44N4O8. The van der Waals surface area contributed by atoms with Gasteiger partial charge in [0, 0.05) is 31.6 Å². The number of rotatable bonds is 8. The first-order valence-electron chi connectivity index (χ1n) is 15.1. The Morgan fingerprint density at radius 1 is 0.933 bits per heavy atom. The number of nitrogens with one attached hydrogen (secondary N) is 3. The van der Waals surface area contributed by atoms with Crippen LogP contribution in [-0.2, 0) is 20.7 Å². The van der Waals surface area contributed by atoms with Crippen molar-refractivity contribution in [1.82, 2.24) is 15.5 Å². The number of carbonyl (C=O) groups excluding carboxylic acids is 3. The van der Waals surface area contributed by atoms with Gasteiger partial charge in [0.15, 0.2) is 11.5 Å². The van der Waals surface area contributed by atoms with Gasteiger partial charge in [-0.05, 0) is 81.3 Å². The third-order valence-electron chi connectivity index (χ3n) is 7.91. The van der Waals surface area contributed by atoms with Crippen LogP contribution in [0.3, 0.4) is 0 Å². The monoisotopic (exact) mass is 624 g/mol. The number of likely N-dealkylation sites (tertiary alicyclic amines) is 1. The van der Waals surface area contributed by atoms with Crippen molar-refractivity contribution in [2.24, 2.45) is 0 Å². The Bertz CT molecular complexity index is 1500. The van der Waals surface area contributed by atoms with E-state index in [1.165, 1.54) is 20.1 Å². The summed E-state index contributed by atoms with van der Waals surface area (Å²) in [6.45, 7) is 7.74. The topological polar surface area (TPSA) is 145 Å². The summed E-state index contributed by atoms with van der Waals surface area (Å²) in [6.07, 6.45) is 1.87. The van der Waals surface area contributed by atoms with Gasteiger partial charge in [0.1, 0.15) is 5.60 Å². The van der Waals surface area contributed by atoms with Crippen molar-refractivity contribution in [2.45, 2.75) is 71.1 Å². The lowest BCUT2D eigenvalue weighted by Gasteiger charge is -2.33. The highest BCUT2D eigenvalue weighted by atomic mass is 16.6. The number of alkyl carbamates (subject to hydrolysis) is 1. The number of aryl methyl sites for hydroxylation is 1. The van der Waals surface area contributed by atoms with Crippen LogP contribution in [0.2, 0.25) is 0 Å². The molecule has 0 saturated carbocycles. The number of anilines is 1. The minimum atomic E-state index is -0.583. The fourth-order valence-electron chi connectivity index (χ4n) is 5.88. The molecule has 1 fully saturated rings. The van der Waals surface area contributed by atoms with Crippen LogP contribution in [0.1, 0.15) is 64.1 Å². The molecule has 3 amide bonds. The van der Waals surface area contributed by atoms with Crippen LogP contribution in [0, 0.1) is 0 Å². The molecule has 2 aliphatic rings. The Balaban J connectivity index is 1.57. The Morgan fingerprint density at radius 2 is 1.62 bits per heavy atom. The van der Waals surface area contributed by atoms with Gasteiger partial charge in [-0.3, -0.25) is 14.4 Å². The predicted octanol–water partition coefficient (Wildman–Crippen LogP) is 3.79. The highest BCUT2D eigenvalue weighted by Crippen LogP contribution is 2.50. The number of nitrogens with zero attached hydrogens (tertiary/aromatic N) is 1. The van der Waals surface area contributed by atoms with E-state index in [0.29, 0.717) is 67.1 Å². The smallest absolute Gasteiger partial charge is 0.407 e. The molecular weight excluding hydrogens is 580 g/mol. The molecule has 2 aromatic rings. The van der Waals surface area contributed by atoms with E-state index in [1.54, 1.807) is 25.2 Å². The van der Waals surface area contributed by atoms with Crippen molar-refractivity contribution >= 4 is 23.6 Å². The molecule has 12 nitrogen and oxygen atoms in total. The van der Waals surface area contributed by atoms with Gasteiger partial charge in [0.2, 0.25) is 23.0 Å². The molecule has 45 heavy (non-hydrogen) atoms. The number of methoxy groups -OCH3 is 3. The number of piperidine rings is 1. The average molecular weight is 625 g/mol. The second-order valence-electron chi connectivity index (χ2n) is 12.3. The standard InChI is InChI=1S/C33H44N4O8/c1-19(38)35-24-10-8-20-16-27(42-5)30(43-6)31(44-7)29(20)22-9-11-25(26(39)17-23(22)24)34-18-28(40)37-14-12-21(13-15-37)36-32(41)45-33(2,3)4/h9,11,16-17,21,24H,8,10,12-15,18H2,1-7H3,(H,34,39)(H,35,38)(H,36,41)/t24-/m0/s1. The van der Waals surface area contributed by atoms with E-state index in [1.807, 2.05) is 32.9 Å². The number of carbonyl (C=O) groups is 3. The maximum atomic E-state index is 13.5. The van der Waals surface area contributed by atoms with Gasteiger partial charge in [-0.15, -0.1) is 0 Å². The molecule has 4 rings (SSSR count). The van der Waals surface area contributed by atoms with E-state index >= 15 is 0 Å². The van der Waals surface area contributed by atoms with E-state index in [9.17, 15) is 19.2 Å². The molecule has 1 aliphatic carbocycles. The fraction of sp³-hybridized carbons (Fsp3) is 0.515. The molecule has 12 heteroatoms. The minimum Gasteiger partial charge on any atom is -0.493 e. The summed E-state index contributed by atoms with van der Waals surface area (Å²) in [7, 11) is 4.63. The molecule has 1 aliphatic heterocycles. The average Bonchev–Trinajstić information content (AvgIpc) is 3.22. The normalized spacial score (nSPS) is 16.3. The van der Waals surface area contributed by atoms with Crippen LogP contribution < -0.4 is 35.6 Å². The maximum Gasteiger partial charge on any atom is 0.407 e. The summed E-state index contributed by atoms with van der Waals surface area (Å²) in [5.74, 6) is 1.03. The molecule has 0 aromatic heterocycles. The Labute approximate surface area is 263 Å². The van der Waals surface area contributed by atoms with Gasteiger partial charge >= 0.3 is 6.09 Å². The SMILES string of the molecule is COc1cc2c(c(OC)c1OC)-c1ccc(NCC(=O)N3CCC(NC(=O)OC(C)(C)C)CC3)c(=O)cc1[C@@H](NC(C)=O)CC2. The third-order valence-corrected chi connectivity index (χ3v) is 7.91. The number of ether oxygens (including phenoxy) is 4.